The summed E-state index contributed by atoms with van der Waals surface area (Å²) in [6.07, 6.45) is 1.38. The van der Waals surface area contributed by atoms with Gasteiger partial charge in [-0.3, -0.25) is 4.79 Å². The highest BCUT2D eigenvalue weighted by Gasteiger charge is 2.27. The number of anilines is 1. The van der Waals surface area contributed by atoms with Gasteiger partial charge >= 0.3 is 5.97 Å². The SMILES string of the molecule is O=C(O)c1cn2c3c(c(N4CCNCC4)c(F)cc3c1=O)SCC2. The van der Waals surface area contributed by atoms with Crippen LogP contribution in [0.25, 0.3) is 10.9 Å². The van der Waals surface area contributed by atoms with E-state index in [9.17, 15) is 19.1 Å². The molecule has 2 aliphatic rings. The monoisotopic (exact) mass is 349 g/mol. The van der Waals surface area contributed by atoms with Crippen LogP contribution in [0.15, 0.2) is 22.0 Å². The highest BCUT2D eigenvalue weighted by Crippen LogP contribution is 2.41. The molecular formula is C16H16FN3O3S. The van der Waals surface area contributed by atoms with E-state index in [4.69, 9.17) is 0 Å². The standard InChI is InChI=1S/C16H16FN3O3S/c17-11-7-9-12-15(13(11)19-3-1-18-2-4-19)24-6-5-20(12)8-10(14(9)21)16(22)23/h7-8,18H,1-6H2,(H,22,23). The van der Waals surface area contributed by atoms with Gasteiger partial charge in [-0.15, -0.1) is 11.8 Å². The Bertz CT molecular complexity index is 906. The Hall–Kier alpha value is -2.06. The van der Waals surface area contributed by atoms with Gasteiger partial charge in [0.05, 0.1) is 21.5 Å². The van der Waals surface area contributed by atoms with E-state index in [2.05, 4.69) is 5.32 Å². The van der Waals surface area contributed by atoms with Crippen molar-refractivity contribution < 1.29 is 14.3 Å². The Labute approximate surface area is 141 Å². The van der Waals surface area contributed by atoms with Gasteiger partial charge in [0.1, 0.15) is 11.4 Å². The number of aromatic carboxylic acids is 1. The molecule has 2 aliphatic heterocycles. The summed E-state index contributed by atoms with van der Waals surface area (Å²) in [5.41, 5.74) is 0.249. The zero-order valence-corrected chi connectivity index (χ0v) is 13.7. The summed E-state index contributed by atoms with van der Waals surface area (Å²) < 4.78 is 16.6. The fourth-order valence-corrected chi connectivity index (χ4v) is 4.60. The average Bonchev–Trinajstić information content (AvgIpc) is 2.58. The van der Waals surface area contributed by atoms with Crippen molar-refractivity contribution in [3.05, 3.63) is 33.9 Å². The molecule has 24 heavy (non-hydrogen) atoms. The number of nitrogens with zero attached hydrogens (tertiary/aromatic N) is 2. The van der Waals surface area contributed by atoms with Crippen molar-refractivity contribution in [2.45, 2.75) is 11.4 Å². The quantitative estimate of drug-likeness (QED) is 0.853. The van der Waals surface area contributed by atoms with E-state index >= 15 is 0 Å². The molecule has 0 radical (unpaired) electrons. The summed E-state index contributed by atoms with van der Waals surface area (Å²) in [5, 5.41) is 12.6. The van der Waals surface area contributed by atoms with Gasteiger partial charge in [0, 0.05) is 44.7 Å². The van der Waals surface area contributed by atoms with Crippen molar-refractivity contribution in [3.8, 4) is 0 Å². The minimum Gasteiger partial charge on any atom is -0.477 e. The van der Waals surface area contributed by atoms with E-state index in [1.807, 2.05) is 4.90 Å². The molecule has 0 atom stereocenters. The smallest absolute Gasteiger partial charge is 0.341 e. The van der Waals surface area contributed by atoms with Crippen LogP contribution < -0.4 is 15.6 Å². The molecule has 6 nitrogen and oxygen atoms in total. The molecule has 1 aromatic carbocycles. The Kier molecular flexibility index (Phi) is 3.73. The van der Waals surface area contributed by atoms with Gasteiger partial charge in [-0.1, -0.05) is 0 Å². The minimum atomic E-state index is -1.28. The molecule has 1 aromatic heterocycles. The number of pyridine rings is 1. The molecular weight excluding hydrogens is 333 g/mol. The first-order valence-corrected chi connectivity index (χ1v) is 8.78. The summed E-state index contributed by atoms with van der Waals surface area (Å²) in [5.74, 6) is -1.02. The lowest BCUT2D eigenvalue weighted by Gasteiger charge is -2.33. The van der Waals surface area contributed by atoms with Crippen molar-refractivity contribution in [1.29, 1.82) is 0 Å². The summed E-state index contributed by atoms with van der Waals surface area (Å²) in [7, 11) is 0. The molecule has 4 rings (SSSR count). The summed E-state index contributed by atoms with van der Waals surface area (Å²) in [4.78, 5) is 26.5. The molecule has 0 unspecified atom stereocenters. The van der Waals surface area contributed by atoms with Crippen LogP contribution in [0.5, 0.6) is 0 Å². The zero-order chi connectivity index (χ0) is 16.8. The topological polar surface area (TPSA) is 74.6 Å². The molecule has 0 bridgehead atoms. The number of nitrogens with one attached hydrogen (secondary N) is 1. The Morgan fingerprint density at radius 2 is 2.04 bits per heavy atom. The first-order valence-electron chi connectivity index (χ1n) is 7.79. The van der Waals surface area contributed by atoms with E-state index < -0.39 is 17.2 Å². The van der Waals surface area contributed by atoms with Crippen LogP contribution in [0.1, 0.15) is 10.4 Å². The average molecular weight is 349 g/mol. The number of carboxylic acid groups (broad SMARTS) is 1. The first kappa shape index (κ1) is 15.5. The lowest BCUT2D eigenvalue weighted by atomic mass is 10.1. The number of hydrogen-bond acceptors (Lipinski definition) is 5. The fourth-order valence-electron chi connectivity index (χ4n) is 3.38. The van der Waals surface area contributed by atoms with Crippen LogP contribution in [0.3, 0.4) is 0 Å². The largest absolute Gasteiger partial charge is 0.477 e. The number of rotatable bonds is 2. The molecule has 2 aromatic rings. The van der Waals surface area contributed by atoms with Crippen molar-refractivity contribution in [1.82, 2.24) is 9.88 Å². The summed E-state index contributed by atoms with van der Waals surface area (Å²) in [6, 6.07) is 1.20. The van der Waals surface area contributed by atoms with Gasteiger partial charge in [-0.05, 0) is 6.07 Å². The third-order valence-electron chi connectivity index (χ3n) is 4.49. The van der Waals surface area contributed by atoms with Gasteiger partial charge < -0.3 is 19.9 Å². The van der Waals surface area contributed by atoms with Crippen LogP contribution in [0, 0.1) is 5.82 Å². The molecule has 0 saturated carbocycles. The lowest BCUT2D eigenvalue weighted by Crippen LogP contribution is -2.44. The van der Waals surface area contributed by atoms with E-state index in [1.165, 1.54) is 24.0 Å². The number of piperazine rings is 1. The predicted octanol–water partition coefficient (Wildman–Crippen LogP) is 1.35. The molecule has 8 heteroatoms. The van der Waals surface area contributed by atoms with E-state index in [-0.39, 0.29) is 10.9 Å². The Morgan fingerprint density at radius 3 is 2.75 bits per heavy atom. The van der Waals surface area contributed by atoms with Gasteiger partial charge in [0.2, 0.25) is 5.43 Å². The number of aryl methyl sites for hydroxylation is 1. The van der Waals surface area contributed by atoms with Crippen LogP contribution in [-0.2, 0) is 6.54 Å². The molecule has 1 saturated heterocycles. The van der Waals surface area contributed by atoms with Crippen LogP contribution in [0.2, 0.25) is 0 Å². The highest BCUT2D eigenvalue weighted by molar-refractivity contribution is 7.99. The first-order chi connectivity index (χ1) is 11.6. The van der Waals surface area contributed by atoms with Crippen molar-refractivity contribution in [2.75, 3.05) is 36.8 Å². The van der Waals surface area contributed by atoms with E-state index in [0.29, 0.717) is 36.6 Å². The van der Waals surface area contributed by atoms with Gasteiger partial charge in [-0.2, -0.15) is 0 Å². The molecule has 0 amide bonds. The van der Waals surface area contributed by atoms with Crippen molar-refractivity contribution in [2.24, 2.45) is 0 Å². The lowest BCUT2D eigenvalue weighted by molar-refractivity contribution is 0.0695. The summed E-state index contributed by atoms with van der Waals surface area (Å²) in [6.45, 7) is 3.57. The van der Waals surface area contributed by atoms with Gasteiger partial charge in [0.25, 0.3) is 0 Å². The minimum absolute atomic E-state index is 0.147. The normalized spacial score (nSPS) is 17.3. The predicted molar refractivity (Wildman–Crippen MR) is 90.9 cm³/mol. The number of halogens is 1. The number of benzene rings is 1. The van der Waals surface area contributed by atoms with E-state index in [0.717, 1.165) is 18.0 Å². The number of carboxylic acids is 1. The number of thioether (sulfide) groups is 1. The second-order valence-corrected chi connectivity index (χ2v) is 6.99. The number of aromatic nitrogens is 1. The van der Waals surface area contributed by atoms with Crippen LogP contribution >= 0.6 is 11.8 Å². The second-order valence-electron chi connectivity index (χ2n) is 5.89. The van der Waals surface area contributed by atoms with Gasteiger partial charge in [0.15, 0.2) is 0 Å². The Morgan fingerprint density at radius 1 is 1.29 bits per heavy atom. The summed E-state index contributed by atoms with van der Waals surface area (Å²) >= 11 is 1.53. The molecule has 0 spiro atoms. The molecule has 1 fully saturated rings. The van der Waals surface area contributed by atoms with Crippen LogP contribution in [0.4, 0.5) is 10.1 Å². The maximum atomic E-state index is 14.8. The molecule has 3 heterocycles. The third kappa shape index (κ3) is 2.29. The number of hydrogen-bond donors (Lipinski definition) is 2. The highest BCUT2D eigenvalue weighted by atomic mass is 32.2. The molecule has 126 valence electrons. The maximum Gasteiger partial charge on any atom is 0.341 e. The van der Waals surface area contributed by atoms with Crippen molar-refractivity contribution in [3.63, 3.8) is 0 Å². The zero-order valence-electron chi connectivity index (χ0n) is 12.8. The van der Waals surface area contributed by atoms with Crippen molar-refractivity contribution >= 4 is 34.3 Å². The molecule has 0 aliphatic carbocycles. The second kappa shape index (κ2) is 5.78. The van der Waals surface area contributed by atoms with E-state index in [1.54, 1.807) is 4.57 Å². The molecule has 2 N–H and O–H groups in total. The Balaban J connectivity index is 2.03. The maximum absolute atomic E-state index is 14.8. The van der Waals surface area contributed by atoms with Crippen LogP contribution in [-0.4, -0.2) is 47.6 Å². The van der Waals surface area contributed by atoms with Gasteiger partial charge in [-0.25, -0.2) is 9.18 Å². The number of carbonyl (C=O) groups is 1. The fraction of sp³-hybridized carbons (Fsp3) is 0.375. The third-order valence-corrected chi connectivity index (χ3v) is 5.55.